The molecule has 84 valence electrons. The molecule has 1 unspecified atom stereocenters. The van der Waals surface area contributed by atoms with Crippen LogP contribution in [-0.2, 0) is 0 Å². The normalized spacial score (nSPS) is 12.8. The summed E-state index contributed by atoms with van der Waals surface area (Å²) in [6.07, 6.45) is 0. The summed E-state index contributed by atoms with van der Waals surface area (Å²) in [5.74, 6) is 0. The highest BCUT2D eigenvalue weighted by molar-refractivity contribution is 7.16. The highest BCUT2D eigenvalue weighted by Crippen LogP contribution is 2.34. The Kier molecular flexibility index (Phi) is 3.55. The topological polar surface area (TPSA) is 26.0 Å². The van der Waals surface area contributed by atoms with Crippen LogP contribution < -0.4 is 5.73 Å². The molecule has 0 aliphatic rings. The van der Waals surface area contributed by atoms with Gasteiger partial charge in [0, 0.05) is 9.90 Å². The van der Waals surface area contributed by atoms with Crippen LogP contribution in [-0.4, -0.2) is 0 Å². The molecule has 2 aromatic rings. The van der Waals surface area contributed by atoms with Crippen molar-refractivity contribution in [1.29, 1.82) is 0 Å². The average Bonchev–Trinajstić information content (AvgIpc) is 2.59. The van der Waals surface area contributed by atoms with E-state index >= 15 is 0 Å². The number of aryl methyl sites for hydroxylation is 1. The summed E-state index contributed by atoms with van der Waals surface area (Å²) in [5.41, 5.74) is 8.16. The summed E-state index contributed by atoms with van der Waals surface area (Å²) in [5, 5.41) is 0.692. The van der Waals surface area contributed by atoms with Gasteiger partial charge in [-0.1, -0.05) is 41.4 Å². The fourth-order valence-corrected chi connectivity index (χ4v) is 3.01. The molecule has 0 fully saturated rings. The van der Waals surface area contributed by atoms with Crippen LogP contribution in [0, 0.1) is 6.92 Å². The maximum Gasteiger partial charge on any atom is 0.0961 e. The maximum atomic E-state index is 6.17. The van der Waals surface area contributed by atoms with Crippen LogP contribution in [0.1, 0.15) is 22.0 Å². The molecule has 0 aliphatic heterocycles. The molecule has 4 heteroatoms. The summed E-state index contributed by atoms with van der Waals surface area (Å²) in [6, 6.07) is 9.43. The second-order valence-electron chi connectivity index (χ2n) is 3.60. The van der Waals surface area contributed by atoms with Crippen LogP contribution in [0.15, 0.2) is 30.3 Å². The van der Waals surface area contributed by atoms with Crippen molar-refractivity contribution in [3.63, 3.8) is 0 Å². The monoisotopic (exact) mass is 271 g/mol. The number of rotatable bonds is 2. The fraction of sp³-hybridized carbons (Fsp3) is 0.167. The number of benzene rings is 1. The zero-order valence-corrected chi connectivity index (χ0v) is 11.0. The molecule has 16 heavy (non-hydrogen) atoms. The number of halogens is 2. The number of hydrogen-bond donors (Lipinski definition) is 1. The number of nitrogens with two attached hydrogens (primary N) is 1. The fourth-order valence-electron chi connectivity index (χ4n) is 1.52. The second kappa shape index (κ2) is 4.76. The Morgan fingerprint density at radius 2 is 1.94 bits per heavy atom. The molecule has 0 amide bonds. The lowest BCUT2D eigenvalue weighted by Crippen LogP contribution is -2.10. The smallest absolute Gasteiger partial charge is 0.0961 e. The van der Waals surface area contributed by atoms with Gasteiger partial charge >= 0.3 is 0 Å². The minimum Gasteiger partial charge on any atom is -0.320 e. The molecule has 1 atom stereocenters. The van der Waals surface area contributed by atoms with Gasteiger partial charge in [-0.25, -0.2) is 0 Å². The van der Waals surface area contributed by atoms with Gasteiger partial charge in [0.1, 0.15) is 0 Å². The van der Waals surface area contributed by atoms with Gasteiger partial charge in [0.25, 0.3) is 0 Å². The second-order valence-corrected chi connectivity index (χ2v) is 5.70. The molecular formula is C12H11Cl2NS. The molecule has 1 nitrogen and oxygen atoms in total. The lowest BCUT2D eigenvalue weighted by molar-refractivity contribution is 0.893. The first-order valence-corrected chi connectivity index (χ1v) is 6.42. The molecule has 0 saturated heterocycles. The van der Waals surface area contributed by atoms with Gasteiger partial charge in [-0.3, -0.25) is 0 Å². The summed E-state index contributed by atoms with van der Waals surface area (Å²) in [4.78, 5) is 1.04. The van der Waals surface area contributed by atoms with Crippen LogP contribution >= 0.6 is 34.5 Å². The molecule has 0 aliphatic carbocycles. The van der Waals surface area contributed by atoms with E-state index in [2.05, 4.69) is 0 Å². The van der Waals surface area contributed by atoms with Gasteiger partial charge in [0.15, 0.2) is 0 Å². The third-order valence-corrected chi connectivity index (χ3v) is 4.41. The first kappa shape index (κ1) is 11.9. The van der Waals surface area contributed by atoms with Gasteiger partial charge in [0.2, 0.25) is 0 Å². The van der Waals surface area contributed by atoms with Gasteiger partial charge in [-0.2, -0.15) is 0 Å². The number of thiophene rings is 1. The SMILES string of the molecule is Cc1cc(C(N)c2ccccc2Cl)sc1Cl. The highest BCUT2D eigenvalue weighted by atomic mass is 35.5. The van der Waals surface area contributed by atoms with E-state index in [0.29, 0.717) is 5.02 Å². The van der Waals surface area contributed by atoms with Crippen molar-refractivity contribution in [2.75, 3.05) is 0 Å². The average molecular weight is 272 g/mol. The Morgan fingerprint density at radius 3 is 2.50 bits per heavy atom. The lowest BCUT2D eigenvalue weighted by Gasteiger charge is -2.11. The zero-order valence-electron chi connectivity index (χ0n) is 8.71. The van der Waals surface area contributed by atoms with E-state index in [4.69, 9.17) is 28.9 Å². The Morgan fingerprint density at radius 1 is 1.25 bits per heavy atom. The standard InChI is InChI=1S/C12H11Cl2NS/c1-7-6-10(16-12(7)14)11(15)8-4-2-3-5-9(8)13/h2-6,11H,15H2,1H3. The summed E-state index contributed by atoms with van der Waals surface area (Å²) in [7, 11) is 0. The molecule has 2 rings (SSSR count). The molecule has 0 bridgehead atoms. The summed E-state index contributed by atoms with van der Waals surface area (Å²) >= 11 is 13.6. The van der Waals surface area contributed by atoms with E-state index in [-0.39, 0.29) is 6.04 Å². The van der Waals surface area contributed by atoms with Crippen LogP contribution in [0.3, 0.4) is 0 Å². The molecule has 0 radical (unpaired) electrons. The minimum atomic E-state index is -0.204. The molecular weight excluding hydrogens is 261 g/mol. The van der Waals surface area contributed by atoms with Gasteiger partial charge in [0.05, 0.1) is 10.4 Å². The zero-order chi connectivity index (χ0) is 11.7. The van der Waals surface area contributed by atoms with Gasteiger partial charge in [-0.15, -0.1) is 11.3 Å². The minimum absolute atomic E-state index is 0.204. The predicted molar refractivity (Wildman–Crippen MR) is 71.5 cm³/mol. The van der Waals surface area contributed by atoms with E-state index in [1.54, 1.807) is 0 Å². The molecule has 0 spiro atoms. The quantitative estimate of drug-likeness (QED) is 0.860. The first-order chi connectivity index (χ1) is 7.59. The van der Waals surface area contributed by atoms with Crippen LogP contribution in [0.25, 0.3) is 0 Å². The van der Waals surface area contributed by atoms with Crippen molar-refractivity contribution < 1.29 is 0 Å². The van der Waals surface area contributed by atoms with Crippen LogP contribution in [0.5, 0.6) is 0 Å². The summed E-state index contributed by atoms with van der Waals surface area (Å²) < 4.78 is 0.789. The lowest BCUT2D eigenvalue weighted by atomic mass is 10.1. The van der Waals surface area contributed by atoms with Crippen LogP contribution in [0.2, 0.25) is 9.36 Å². The van der Waals surface area contributed by atoms with Crippen LogP contribution in [0.4, 0.5) is 0 Å². The number of hydrogen-bond acceptors (Lipinski definition) is 2. The van der Waals surface area contributed by atoms with Gasteiger partial charge < -0.3 is 5.73 Å². The first-order valence-electron chi connectivity index (χ1n) is 4.85. The van der Waals surface area contributed by atoms with Crippen molar-refractivity contribution in [2.45, 2.75) is 13.0 Å². The Hall–Kier alpha value is -0.540. The van der Waals surface area contributed by atoms with Gasteiger partial charge in [-0.05, 0) is 30.2 Å². The highest BCUT2D eigenvalue weighted by Gasteiger charge is 2.15. The largest absolute Gasteiger partial charge is 0.320 e. The van der Waals surface area contributed by atoms with Crippen molar-refractivity contribution in [3.8, 4) is 0 Å². The van der Waals surface area contributed by atoms with E-state index < -0.39 is 0 Å². The maximum absolute atomic E-state index is 6.17. The Balaban J connectivity index is 2.39. The molecule has 1 aromatic carbocycles. The molecule has 1 heterocycles. The van der Waals surface area contributed by atoms with Crippen molar-refractivity contribution in [2.24, 2.45) is 5.73 Å². The van der Waals surface area contributed by atoms with Crippen molar-refractivity contribution >= 4 is 34.5 Å². The molecule has 0 saturated carbocycles. The van der Waals surface area contributed by atoms with E-state index in [9.17, 15) is 0 Å². The molecule has 2 N–H and O–H groups in total. The van der Waals surface area contributed by atoms with E-state index in [0.717, 1.165) is 20.3 Å². The molecule has 1 aromatic heterocycles. The third-order valence-electron chi connectivity index (χ3n) is 2.42. The van der Waals surface area contributed by atoms with Crippen molar-refractivity contribution in [1.82, 2.24) is 0 Å². The Bertz CT molecular complexity index is 488. The predicted octanol–water partition coefficient (Wildman–Crippen LogP) is 4.41. The third kappa shape index (κ3) is 2.25. The van der Waals surface area contributed by atoms with E-state index in [1.807, 2.05) is 37.3 Å². The Labute approximate surface area is 109 Å². The van der Waals surface area contributed by atoms with E-state index in [1.165, 1.54) is 11.3 Å². The van der Waals surface area contributed by atoms with Crippen molar-refractivity contribution in [3.05, 3.63) is 55.7 Å². The summed E-state index contributed by atoms with van der Waals surface area (Å²) in [6.45, 7) is 1.97.